The van der Waals surface area contributed by atoms with Crippen LogP contribution in [0.5, 0.6) is 0 Å². The van der Waals surface area contributed by atoms with E-state index in [0.29, 0.717) is 0 Å². The molecule has 0 aromatic carbocycles. The predicted octanol–water partition coefficient (Wildman–Crippen LogP) is 3.89. The van der Waals surface area contributed by atoms with Gasteiger partial charge in [0.1, 0.15) is 4.49 Å². The number of rotatable bonds is 1. The largest absolute Gasteiger partial charge is 0.123 e. The molecule has 0 aromatic heterocycles. The summed E-state index contributed by atoms with van der Waals surface area (Å²) in [6, 6.07) is 0. The van der Waals surface area contributed by atoms with Crippen molar-refractivity contribution >= 4 is 46.4 Å². The summed E-state index contributed by atoms with van der Waals surface area (Å²) >= 11 is 22.0. The molecule has 9 heavy (non-hydrogen) atoms. The van der Waals surface area contributed by atoms with Gasteiger partial charge in [-0.1, -0.05) is 34.8 Å². The second-order valence-corrected chi connectivity index (χ2v) is 4.32. The van der Waals surface area contributed by atoms with Crippen molar-refractivity contribution in [1.82, 2.24) is 0 Å². The molecule has 0 saturated carbocycles. The average Bonchev–Trinajstić information content (AvgIpc) is 1.62. The lowest BCUT2D eigenvalue weighted by Gasteiger charge is -2.13. The van der Waals surface area contributed by atoms with Gasteiger partial charge >= 0.3 is 0 Å². The van der Waals surface area contributed by atoms with Crippen LogP contribution in [0.1, 0.15) is 13.8 Å². The average molecular weight is 208 g/mol. The zero-order valence-corrected chi connectivity index (χ0v) is 8.04. The smallest absolute Gasteiger partial charge is 0.114 e. The normalized spacial score (nSPS) is 11.3. The number of hydrogen-bond donors (Lipinski definition) is 0. The highest BCUT2D eigenvalue weighted by molar-refractivity contribution is 6.60. The summed E-state index contributed by atoms with van der Waals surface area (Å²) in [6.07, 6.45) is 0. The van der Waals surface area contributed by atoms with Gasteiger partial charge in [-0.15, -0.1) is 11.6 Å². The van der Waals surface area contributed by atoms with Crippen LogP contribution in [0, 0.1) is 0 Å². The quantitative estimate of drug-likeness (QED) is 0.573. The summed E-state index contributed by atoms with van der Waals surface area (Å²) in [4.78, 5) is -0.666. The first kappa shape index (κ1) is 9.90. The van der Waals surface area contributed by atoms with Crippen molar-refractivity contribution in [3.8, 4) is 0 Å². The molecule has 0 nitrogen and oxygen atoms in total. The van der Waals surface area contributed by atoms with Gasteiger partial charge < -0.3 is 0 Å². The maximum absolute atomic E-state index is 5.72. The van der Waals surface area contributed by atoms with Gasteiger partial charge in [0.05, 0.1) is 9.91 Å². The highest BCUT2D eigenvalue weighted by Gasteiger charge is 2.20. The minimum absolute atomic E-state index is 0.0247. The second kappa shape index (κ2) is 3.34. The van der Waals surface area contributed by atoms with Crippen LogP contribution < -0.4 is 0 Å². The van der Waals surface area contributed by atoms with Crippen molar-refractivity contribution in [2.75, 3.05) is 0 Å². The zero-order chi connectivity index (χ0) is 7.65. The lowest BCUT2D eigenvalue weighted by Crippen LogP contribution is -2.09. The van der Waals surface area contributed by atoms with Gasteiger partial charge in [0, 0.05) is 0 Å². The highest BCUT2D eigenvalue weighted by atomic mass is 35.5. The van der Waals surface area contributed by atoms with E-state index in [-0.39, 0.29) is 9.52 Å². The molecule has 0 aliphatic rings. The van der Waals surface area contributed by atoms with Crippen LogP contribution in [0.3, 0.4) is 0 Å². The molecule has 0 aliphatic carbocycles. The molecular weight excluding hydrogens is 202 g/mol. The molecule has 0 amide bonds. The third-order valence-corrected chi connectivity index (χ3v) is 2.21. The van der Waals surface area contributed by atoms with E-state index in [1.807, 2.05) is 0 Å². The molecule has 0 atom stereocenters. The monoisotopic (exact) mass is 206 g/mol. The van der Waals surface area contributed by atoms with Crippen molar-refractivity contribution in [3.63, 3.8) is 0 Å². The Hall–Kier alpha value is 0.900. The maximum Gasteiger partial charge on any atom is 0.123 e. The SMILES string of the molecule is CC(C)(Cl)C(Cl)=C(Cl)Cl. The van der Waals surface area contributed by atoms with Gasteiger partial charge in [0.25, 0.3) is 0 Å². The topological polar surface area (TPSA) is 0 Å². The molecule has 54 valence electrons. The first-order valence-electron chi connectivity index (χ1n) is 2.26. The van der Waals surface area contributed by atoms with E-state index in [4.69, 9.17) is 46.4 Å². The van der Waals surface area contributed by atoms with Crippen LogP contribution in [-0.2, 0) is 0 Å². The highest BCUT2D eigenvalue weighted by Crippen LogP contribution is 2.32. The van der Waals surface area contributed by atoms with Gasteiger partial charge in [-0.25, -0.2) is 0 Å². The van der Waals surface area contributed by atoms with Crippen molar-refractivity contribution in [2.24, 2.45) is 0 Å². The summed E-state index contributed by atoms with van der Waals surface area (Å²) in [6.45, 7) is 3.42. The van der Waals surface area contributed by atoms with Crippen LogP contribution in [0.25, 0.3) is 0 Å². The van der Waals surface area contributed by atoms with Crippen molar-refractivity contribution < 1.29 is 0 Å². The number of alkyl halides is 1. The summed E-state index contributed by atoms with van der Waals surface area (Å²) < 4.78 is 0.0247. The molecule has 0 heterocycles. The minimum Gasteiger partial charge on any atom is -0.114 e. The second-order valence-electron chi connectivity index (χ2n) is 2.05. The number of halogens is 4. The van der Waals surface area contributed by atoms with Crippen LogP contribution in [0.4, 0.5) is 0 Å². The molecule has 0 bridgehead atoms. The van der Waals surface area contributed by atoms with E-state index in [2.05, 4.69) is 0 Å². The third kappa shape index (κ3) is 3.57. The molecule has 0 spiro atoms. The van der Waals surface area contributed by atoms with Crippen LogP contribution in [0.2, 0.25) is 0 Å². The van der Waals surface area contributed by atoms with E-state index in [1.54, 1.807) is 13.8 Å². The molecule has 4 heteroatoms. The van der Waals surface area contributed by atoms with Gasteiger partial charge in [0.15, 0.2) is 0 Å². The molecule has 0 aliphatic heterocycles. The molecule has 0 saturated heterocycles. The maximum atomic E-state index is 5.72. The Morgan fingerprint density at radius 3 is 1.44 bits per heavy atom. The Bertz CT molecular complexity index is 126. The minimum atomic E-state index is -0.666. The summed E-state index contributed by atoms with van der Waals surface area (Å²) in [5, 5.41) is 0.271. The van der Waals surface area contributed by atoms with Gasteiger partial charge in [-0.2, -0.15) is 0 Å². The zero-order valence-electron chi connectivity index (χ0n) is 5.01. The molecule has 0 rings (SSSR count). The van der Waals surface area contributed by atoms with Crippen molar-refractivity contribution in [3.05, 3.63) is 9.52 Å². The van der Waals surface area contributed by atoms with Gasteiger partial charge in [0.2, 0.25) is 0 Å². The predicted molar refractivity (Wildman–Crippen MR) is 44.5 cm³/mol. The number of hydrogen-bond acceptors (Lipinski definition) is 0. The lowest BCUT2D eigenvalue weighted by atomic mass is 10.2. The Morgan fingerprint density at radius 2 is 1.44 bits per heavy atom. The first-order valence-corrected chi connectivity index (χ1v) is 3.77. The van der Waals surface area contributed by atoms with E-state index in [0.717, 1.165) is 0 Å². The molecular formula is C5H6Cl4. The lowest BCUT2D eigenvalue weighted by molar-refractivity contribution is 0.864. The Labute approximate surface area is 74.7 Å². The molecule has 0 radical (unpaired) electrons. The summed E-state index contributed by atoms with van der Waals surface area (Å²) in [5.41, 5.74) is 0. The van der Waals surface area contributed by atoms with Crippen LogP contribution in [-0.4, -0.2) is 4.87 Å². The van der Waals surface area contributed by atoms with E-state index in [9.17, 15) is 0 Å². The Balaban J connectivity index is 4.40. The molecule has 0 unspecified atom stereocenters. The number of allylic oxidation sites excluding steroid dienone is 1. The molecule has 0 aromatic rings. The van der Waals surface area contributed by atoms with Gasteiger partial charge in [-0.05, 0) is 13.8 Å². The van der Waals surface area contributed by atoms with E-state index in [1.165, 1.54) is 0 Å². The standard InChI is InChI=1S/C5H6Cl4/c1-5(2,9)3(6)4(7)8/h1-2H3. The van der Waals surface area contributed by atoms with Crippen LogP contribution in [0.15, 0.2) is 9.52 Å². The van der Waals surface area contributed by atoms with E-state index >= 15 is 0 Å². The Morgan fingerprint density at radius 1 is 1.11 bits per heavy atom. The van der Waals surface area contributed by atoms with E-state index < -0.39 is 4.87 Å². The van der Waals surface area contributed by atoms with Crippen molar-refractivity contribution in [2.45, 2.75) is 18.7 Å². The van der Waals surface area contributed by atoms with Crippen LogP contribution >= 0.6 is 46.4 Å². The summed E-state index contributed by atoms with van der Waals surface area (Å²) in [7, 11) is 0. The molecule has 0 fully saturated rings. The molecule has 0 N–H and O–H groups in total. The first-order chi connectivity index (χ1) is 3.85. The summed E-state index contributed by atoms with van der Waals surface area (Å²) in [5.74, 6) is 0. The fourth-order valence-electron chi connectivity index (χ4n) is 0.225. The van der Waals surface area contributed by atoms with Gasteiger partial charge in [-0.3, -0.25) is 0 Å². The fraction of sp³-hybridized carbons (Fsp3) is 0.600. The third-order valence-electron chi connectivity index (χ3n) is 0.688. The fourth-order valence-corrected chi connectivity index (χ4v) is 0.888. The Kier molecular flexibility index (Phi) is 3.67. The van der Waals surface area contributed by atoms with Crippen molar-refractivity contribution in [1.29, 1.82) is 0 Å².